The van der Waals surface area contributed by atoms with E-state index in [1.807, 2.05) is 24.3 Å². The fraction of sp³-hybridized carbons (Fsp3) is 0.176. The highest BCUT2D eigenvalue weighted by molar-refractivity contribution is 5.60. The van der Waals surface area contributed by atoms with Crippen molar-refractivity contribution in [1.29, 1.82) is 0 Å². The molecule has 0 spiro atoms. The first-order chi connectivity index (χ1) is 9.76. The molecule has 0 amide bonds. The van der Waals surface area contributed by atoms with E-state index in [2.05, 4.69) is 40.3 Å². The summed E-state index contributed by atoms with van der Waals surface area (Å²) in [7, 11) is 0. The standard InChI is InChI=1S/C17H15N3/c1-3-13-5-4-6-14(10-13)20-17-15-8-7-12(2)9-16(15)18-11-19-17/h1,4-6,8-12H,7H2,2H3,(H,18,19,20). The number of rotatable bonds is 2. The first kappa shape index (κ1) is 12.4. The van der Waals surface area contributed by atoms with Crippen molar-refractivity contribution >= 4 is 23.7 Å². The Bertz CT molecular complexity index is 800. The predicted molar refractivity (Wildman–Crippen MR) is 81.7 cm³/mol. The summed E-state index contributed by atoms with van der Waals surface area (Å²) in [5.41, 5.74) is 1.79. The smallest absolute Gasteiger partial charge is 0.141 e. The molecule has 1 N–H and O–H groups in total. The van der Waals surface area contributed by atoms with Gasteiger partial charge in [0.1, 0.15) is 12.1 Å². The van der Waals surface area contributed by atoms with Crippen LogP contribution in [0.15, 0.2) is 30.6 Å². The summed E-state index contributed by atoms with van der Waals surface area (Å²) in [5, 5.41) is 5.38. The van der Waals surface area contributed by atoms with Crippen molar-refractivity contribution in [2.75, 3.05) is 5.32 Å². The van der Waals surface area contributed by atoms with Gasteiger partial charge in [0, 0.05) is 16.5 Å². The monoisotopic (exact) mass is 261 g/mol. The van der Waals surface area contributed by atoms with Gasteiger partial charge in [-0.1, -0.05) is 31.1 Å². The van der Waals surface area contributed by atoms with Crippen molar-refractivity contribution in [3.05, 3.63) is 46.7 Å². The molecular weight excluding hydrogens is 246 g/mol. The summed E-state index contributed by atoms with van der Waals surface area (Å²) in [6.07, 6.45) is 12.4. The number of nitrogens with one attached hydrogen (secondary N) is 1. The quantitative estimate of drug-likeness (QED) is 0.838. The summed E-state index contributed by atoms with van der Waals surface area (Å²) < 4.78 is 0. The number of hydrogen-bond acceptors (Lipinski definition) is 3. The fourth-order valence-corrected chi connectivity index (χ4v) is 2.31. The molecule has 1 aliphatic carbocycles. The highest BCUT2D eigenvalue weighted by atomic mass is 15.0. The van der Waals surface area contributed by atoms with Gasteiger partial charge in [0.25, 0.3) is 0 Å². The molecule has 0 aliphatic heterocycles. The molecule has 1 aromatic carbocycles. The minimum atomic E-state index is 0.523. The molecule has 98 valence electrons. The summed E-state index contributed by atoms with van der Waals surface area (Å²) in [6.45, 7) is 2.19. The van der Waals surface area contributed by atoms with Crippen molar-refractivity contribution < 1.29 is 0 Å². The lowest BCUT2D eigenvalue weighted by molar-refractivity contribution is 0.793. The number of aromatic nitrogens is 2. The van der Waals surface area contributed by atoms with Crippen molar-refractivity contribution in [2.24, 2.45) is 5.92 Å². The maximum Gasteiger partial charge on any atom is 0.141 e. The van der Waals surface area contributed by atoms with Gasteiger partial charge in [-0.25, -0.2) is 9.97 Å². The van der Waals surface area contributed by atoms with Crippen LogP contribution in [-0.2, 0) is 0 Å². The second-order valence-electron chi connectivity index (χ2n) is 4.96. The number of anilines is 2. The molecule has 1 atom stereocenters. The maximum absolute atomic E-state index is 5.42. The third-order valence-corrected chi connectivity index (χ3v) is 3.34. The van der Waals surface area contributed by atoms with Gasteiger partial charge in [-0.15, -0.1) is 6.42 Å². The van der Waals surface area contributed by atoms with Crippen molar-refractivity contribution in [3.8, 4) is 12.3 Å². The van der Waals surface area contributed by atoms with E-state index in [9.17, 15) is 0 Å². The van der Waals surface area contributed by atoms with E-state index >= 15 is 0 Å². The zero-order valence-electron chi connectivity index (χ0n) is 11.3. The van der Waals surface area contributed by atoms with Crippen LogP contribution in [0, 0.1) is 18.3 Å². The summed E-state index contributed by atoms with van der Waals surface area (Å²) in [5.74, 6) is 3.98. The lowest BCUT2D eigenvalue weighted by Gasteiger charge is -2.11. The summed E-state index contributed by atoms with van der Waals surface area (Å²) in [6, 6.07) is 7.75. The Balaban J connectivity index is 2.03. The molecule has 0 bridgehead atoms. The van der Waals surface area contributed by atoms with E-state index in [0.29, 0.717) is 5.92 Å². The highest BCUT2D eigenvalue weighted by Crippen LogP contribution is 2.14. The van der Waals surface area contributed by atoms with Gasteiger partial charge in [-0.05, 0) is 30.5 Å². The Labute approximate surface area is 118 Å². The van der Waals surface area contributed by atoms with Crippen LogP contribution in [0.1, 0.15) is 18.9 Å². The normalized spacial score (nSPS) is 16.3. The van der Waals surface area contributed by atoms with E-state index in [-0.39, 0.29) is 0 Å². The molecule has 2 aromatic rings. The Morgan fingerprint density at radius 3 is 3.10 bits per heavy atom. The number of terminal acetylenes is 1. The molecule has 3 rings (SSSR count). The first-order valence-corrected chi connectivity index (χ1v) is 6.63. The molecule has 3 heteroatoms. The van der Waals surface area contributed by atoms with Crippen molar-refractivity contribution in [3.63, 3.8) is 0 Å². The average molecular weight is 261 g/mol. The minimum absolute atomic E-state index is 0.523. The van der Waals surface area contributed by atoms with Crippen LogP contribution in [0.2, 0.25) is 0 Å². The number of fused-ring (bicyclic) bond motifs is 1. The van der Waals surface area contributed by atoms with E-state index in [1.54, 1.807) is 6.33 Å². The molecule has 3 nitrogen and oxygen atoms in total. The molecule has 1 heterocycles. The van der Waals surface area contributed by atoms with Gasteiger partial charge >= 0.3 is 0 Å². The fourth-order valence-electron chi connectivity index (χ4n) is 2.31. The Morgan fingerprint density at radius 1 is 1.35 bits per heavy atom. The zero-order valence-corrected chi connectivity index (χ0v) is 11.3. The summed E-state index contributed by atoms with van der Waals surface area (Å²) in [4.78, 5) is 8.68. The molecule has 20 heavy (non-hydrogen) atoms. The SMILES string of the molecule is C#Cc1cccc(Nc2ncnc3c2=CCC(C)C=3)c1. The number of benzene rings is 1. The summed E-state index contributed by atoms with van der Waals surface area (Å²) >= 11 is 0. The van der Waals surface area contributed by atoms with Gasteiger partial charge in [0.05, 0.1) is 5.35 Å². The molecule has 0 saturated carbocycles. The molecule has 1 unspecified atom stereocenters. The van der Waals surface area contributed by atoms with Crippen LogP contribution in [0.5, 0.6) is 0 Å². The van der Waals surface area contributed by atoms with E-state index < -0.39 is 0 Å². The van der Waals surface area contributed by atoms with Gasteiger partial charge in [-0.2, -0.15) is 0 Å². The zero-order chi connectivity index (χ0) is 13.9. The topological polar surface area (TPSA) is 37.8 Å². The number of hydrogen-bond donors (Lipinski definition) is 1. The van der Waals surface area contributed by atoms with Crippen LogP contribution >= 0.6 is 0 Å². The highest BCUT2D eigenvalue weighted by Gasteiger charge is 2.07. The predicted octanol–water partition coefficient (Wildman–Crippen LogP) is 1.80. The van der Waals surface area contributed by atoms with E-state index in [1.165, 1.54) is 0 Å². The molecule has 0 fully saturated rings. The van der Waals surface area contributed by atoms with Crippen LogP contribution < -0.4 is 15.9 Å². The van der Waals surface area contributed by atoms with Crippen molar-refractivity contribution in [1.82, 2.24) is 9.97 Å². The minimum Gasteiger partial charge on any atom is -0.340 e. The van der Waals surface area contributed by atoms with Crippen LogP contribution in [0.3, 0.4) is 0 Å². The number of nitrogens with zero attached hydrogens (tertiary/aromatic N) is 2. The van der Waals surface area contributed by atoms with Gasteiger partial charge in [-0.3, -0.25) is 0 Å². The first-order valence-electron chi connectivity index (χ1n) is 6.63. The van der Waals surface area contributed by atoms with Crippen LogP contribution in [0.4, 0.5) is 11.5 Å². The third kappa shape index (κ3) is 2.41. The van der Waals surface area contributed by atoms with Crippen molar-refractivity contribution in [2.45, 2.75) is 13.3 Å². The van der Waals surface area contributed by atoms with E-state index in [0.717, 1.165) is 34.1 Å². The largest absolute Gasteiger partial charge is 0.340 e. The van der Waals surface area contributed by atoms with Crippen LogP contribution in [-0.4, -0.2) is 9.97 Å². The maximum atomic E-state index is 5.42. The second-order valence-corrected chi connectivity index (χ2v) is 4.96. The Morgan fingerprint density at radius 2 is 2.25 bits per heavy atom. The molecule has 1 aliphatic rings. The second kappa shape index (κ2) is 5.18. The lowest BCUT2D eigenvalue weighted by Crippen LogP contribution is -2.34. The molecular formula is C17H15N3. The van der Waals surface area contributed by atoms with Crippen LogP contribution in [0.25, 0.3) is 12.2 Å². The molecule has 0 radical (unpaired) electrons. The Kier molecular flexibility index (Phi) is 3.22. The lowest BCUT2D eigenvalue weighted by atomic mass is 10.0. The third-order valence-electron chi connectivity index (χ3n) is 3.34. The van der Waals surface area contributed by atoms with Gasteiger partial charge < -0.3 is 5.32 Å². The molecule has 0 saturated heterocycles. The Hall–Kier alpha value is -2.60. The average Bonchev–Trinajstić information content (AvgIpc) is 2.47. The molecule has 1 aromatic heterocycles. The van der Waals surface area contributed by atoms with E-state index in [4.69, 9.17) is 6.42 Å². The van der Waals surface area contributed by atoms with Gasteiger partial charge in [0.2, 0.25) is 0 Å². The van der Waals surface area contributed by atoms with Gasteiger partial charge in [0.15, 0.2) is 0 Å².